The summed E-state index contributed by atoms with van der Waals surface area (Å²) in [6, 6.07) is 9.21. The molecule has 5 rings (SSSR count). The van der Waals surface area contributed by atoms with Crippen LogP contribution in [0.2, 0.25) is 0 Å². The Morgan fingerprint density at radius 2 is 1.78 bits per heavy atom. The molecule has 3 aliphatic rings. The monoisotopic (exact) mass is 559 g/mol. The Hall–Kier alpha value is -3.75. The van der Waals surface area contributed by atoms with Crippen LogP contribution in [0.3, 0.4) is 0 Å². The van der Waals surface area contributed by atoms with E-state index in [0.29, 0.717) is 23.3 Å². The van der Waals surface area contributed by atoms with E-state index in [0.717, 1.165) is 36.3 Å². The summed E-state index contributed by atoms with van der Waals surface area (Å²) in [6.45, 7) is 9.72. The number of nitrogens with zero attached hydrogens (tertiary/aromatic N) is 1. The first-order valence-corrected chi connectivity index (χ1v) is 14.2. The molecule has 8 nitrogen and oxygen atoms in total. The van der Waals surface area contributed by atoms with Gasteiger partial charge in [0.15, 0.2) is 17.2 Å². The molecule has 0 fully saturated rings. The van der Waals surface area contributed by atoms with Gasteiger partial charge in [-0.1, -0.05) is 31.6 Å². The standard InChI is InChI=1S/C33H37NO7/c1-6-34(7-2)16-19-8-11-26(41-5)23(13-19)22-9-10-25(36)29-24(22)15-20-14-21-12-17(3)27(18(4)35)31(38)33(21,40)32(39)28(20)30(29)37/h8-11,13,20-21,36,39-40H,6-7,12,14-16H2,1-5H3/t20-,21-,33-/m1/s1. The van der Waals surface area contributed by atoms with Crippen molar-refractivity contribution in [3.8, 4) is 22.6 Å². The van der Waals surface area contributed by atoms with E-state index in [1.807, 2.05) is 18.2 Å². The number of Topliss-reactive ketones (excluding diaryl/α,β-unsaturated/α-hetero) is 3. The topological polar surface area (TPSA) is 124 Å². The van der Waals surface area contributed by atoms with E-state index in [1.165, 1.54) is 13.0 Å². The molecule has 41 heavy (non-hydrogen) atoms. The summed E-state index contributed by atoms with van der Waals surface area (Å²) in [6.07, 6.45) is 0.834. The van der Waals surface area contributed by atoms with Gasteiger partial charge in [-0.25, -0.2) is 0 Å². The number of aliphatic hydroxyl groups is 2. The van der Waals surface area contributed by atoms with Gasteiger partial charge in [0, 0.05) is 23.6 Å². The van der Waals surface area contributed by atoms with E-state index in [4.69, 9.17) is 4.74 Å². The second-order valence-electron chi connectivity index (χ2n) is 11.4. The van der Waals surface area contributed by atoms with Gasteiger partial charge in [0.2, 0.25) is 5.78 Å². The van der Waals surface area contributed by atoms with Gasteiger partial charge in [0.1, 0.15) is 17.3 Å². The molecular weight excluding hydrogens is 522 g/mol. The third kappa shape index (κ3) is 4.41. The third-order valence-electron chi connectivity index (χ3n) is 9.16. The van der Waals surface area contributed by atoms with Gasteiger partial charge in [-0.05, 0) is 87.0 Å². The lowest BCUT2D eigenvalue weighted by Crippen LogP contribution is -2.56. The minimum atomic E-state index is -2.35. The van der Waals surface area contributed by atoms with E-state index in [-0.39, 0.29) is 35.3 Å². The zero-order valence-electron chi connectivity index (χ0n) is 24.2. The number of carbonyl (C=O) groups excluding carboxylic acids is 3. The molecule has 0 aliphatic heterocycles. The predicted octanol–water partition coefficient (Wildman–Crippen LogP) is 4.71. The van der Waals surface area contributed by atoms with Crippen molar-refractivity contribution in [2.45, 2.75) is 59.1 Å². The average Bonchev–Trinajstić information content (AvgIpc) is 2.93. The van der Waals surface area contributed by atoms with Crippen molar-refractivity contribution < 1.29 is 34.4 Å². The molecule has 3 atom stereocenters. The maximum Gasteiger partial charge on any atom is 0.205 e. The van der Waals surface area contributed by atoms with Crippen LogP contribution in [0.1, 0.15) is 62.0 Å². The van der Waals surface area contributed by atoms with E-state index < -0.39 is 40.5 Å². The molecule has 2 aromatic rings. The number of benzene rings is 2. The summed E-state index contributed by atoms with van der Waals surface area (Å²) in [4.78, 5) is 41.9. The maximum atomic E-state index is 14.0. The number of hydrogen-bond donors (Lipinski definition) is 3. The number of ketones is 3. The van der Waals surface area contributed by atoms with E-state index in [1.54, 1.807) is 20.1 Å². The Morgan fingerprint density at radius 1 is 1.07 bits per heavy atom. The fraction of sp³-hybridized carbons (Fsp3) is 0.424. The van der Waals surface area contributed by atoms with Crippen molar-refractivity contribution in [2.24, 2.45) is 11.8 Å². The Morgan fingerprint density at radius 3 is 2.41 bits per heavy atom. The molecule has 0 radical (unpaired) electrons. The van der Waals surface area contributed by atoms with Crippen LogP contribution in [0.4, 0.5) is 0 Å². The first-order valence-electron chi connectivity index (χ1n) is 14.2. The SMILES string of the molecule is CCN(CC)Cc1ccc(OC)c(-c2ccc(O)c3c2C[C@H]2C[C@H]4CC(C)=C(C(C)=O)C(=O)[C@@]4(O)C(O)=C2C3=O)c1. The molecule has 0 amide bonds. The smallest absolute Gasteiger partial charge is 0.205 e. The van der Waals surface area contributed by atoms with Crippen LogP contribution >= 0.6 is 0 Å². The molecule has 8 heteroatoms. The van der Waals surface area contributed by atoms with Crippen LogP contribution in [0.5, 0.6) is 11.5 Å². The van der Waals surface area contributed by atoms with E-state index >= 15 is 0 Å². The molecule has 216 valence electrons. The second kappa shape index (κ2) is 10.6. The molecule has 0 saturated heterocycles. The number of fused-ring (bicyclic) bond motifs is 3. The normalized spacial score (nSPS) is 23.9. The molecule has 3 aliphatic carbocycles. The largest absolute Gasteiger partial charge is 0.508 e. The molecule has 0 heterocycles. The summed E-state index contributed by atoms with van der Waals surface area (Å²) in [5.74, 6) is -3.45. The highest BCUT2D eigenvalue weighted by Gasteiger charge is 2.58. The van der Waals surface area contributed by atoms with Crippen LogP contribution in [-0.4, -0.2) is 63.4 Å². The highest BCUT2D eigenvalue weighted by molar-refractivity contribution is 6.25. The minimum Gasteiger partial charge on any atom is -0.508 e. The number of rotatable bonds is 7. The van der Waals surface area contributed by atoms with Crippen LogP contribution in [0.15, 0.2) is 52.8 Å². The number of allylic oxidation sites excluding steroid dienone is 2. The number of phenols is 1. The van der Waals surface area contributed by atoms with Gasteiger partial charge in [-0.3, -0.25) is 19.3 Å². The number of carbonyl (C=O) groups is 3. The van der Waals surface area contributed by atoms with Crippen molar-refractivity contribution >= 4 is 17.3 Å². The summed E-state index contributed by atoms with van der Waals surface area (Å²) in [5, 5.41) is 33.9. The summed E-state index contributed by atoms with van der Waals surface area (Å²) < 4.78 is 5.71. The van der Waals surface area contributed by atoms with Gasteiger partial charge in [0.05, 0.1) is 18.2 Å². The zero-order chi connectivity index (χ0) is 29.8. The third-order valence-corrected chi connectivity index (χ3v) is 9.16. The van der Waals surface area contributed by atoms with E-state index in [2.05, 4.69) is 18.7 Å². The molecule has 0 saturated carbocycles. The molecule has 2 aromatic carbocycles. The van der Waals surface area contributed by atoms with Crippen LogP contribution in [0, 0.1) is 11.8 Å². The summed E-state index contributed by atoms with van der Waals surface area (Å²) in [7, 11) is 1.59. The molecule has 0 unspecified atom stereocenters. The number of aromatic hydroxyl groups is 1. The van der Waals surface area contributed by atoms with Crippen molar-refractivity contribution in [1.82, 2.24) is 4.90 Å². The van der Waals surface area contributed by atoms with Crippen molar-refractivity contribution in [3.63, 3.8) is 0 Å². The highest BCUT2D eigenvalue weighted by Crippen LogP contribution is 2.53. The lowest BCUT2D eigenvalue weighted by Gasteiger charge is -2.46. The summed E-state index contributed by atoms with van der Waals surface area (Å²) >= 11 is 0. The Balaban J connectivity index is 1.65. The van der Waals surface area contributed by atoms with Gasteiger partial charge >= 0.3 is 0 Å². The number of aliphatic hydroxyl groups excluding tert-OH is 1. The summed E-state index contributed by atoms with van der Waals surface area (Å²) in [5.41, 5.74) is 1.33. The maximum absolute atomic E-state index is 14.0. The van der Waals surface area contributed by atoms with Crippen molar-refractivity contribution in [1.29, 1.82) is 0 Å². The highest BCUT2D eigenvalue weighted by atomic mass is 16.5. The zero-order valence-corrected chi connectivity index (χ0v) is 24.2. The molecular formula is C33H37NO7. The van der Waals surface area contributed by atoms with E-state index in [9.17, 15) is 29.7 Å². The minimum absolute atomic E-state index is 0.0420. The van der Waals surface area contributed by atoms with Gasteiger partial charge in [-0.2, -0.15) is 0 Å². The molecule has 3 N–H and O–H groups in total. The number of methoxy groups -OCH3 is 1. The quantitative estimate of drug-likeness (QED) is 0.417. The van der Waals surface area contributed by atoms with Crippen LogP contribution in [-0.2, 0) is 22.6 Å². The Labute approximate surface area is 239 Å². The van der Waals surface area contributed by atoms with Crippen molar-refractivity contribution in [2.75, 3.05) is 20.2 Å². The van der Waals surface area contributed by atoms with Crippen molar-refractivity contribution in [3.05, 3.63) is 69.5 Å². The first-order chi connectivity index (χ1) is 19.5. The number of phenolic OH excluding ortho intramolecular Hbond substituents is 1. The fourth-order valence-electron chi connectivity index (χ4n) is 7.05. The molecule has 0 aromatic heterocycles. The Kier molecular flexibility index (Phi) is 7.42. The number of ether oxygens (including phenoxy) is 1. The Bertz CT molecular complexity index is 1530. The van der Waals surface area contributed by atoms with Crippen LogP contribution < -0.4 is 4.74 Å². The fourth-order valence-corrected chi connectivity index (χ4v) is 7.05. The molecule has 0 spiro atoms. The first kappa shape index (κ1) is 28.8. The molecule has 0 bridgehead atoms. The lowest BCUT2D eigenvalue weighted by molar-refractivity contribution is -0.143. The number of hydrogen-bond acceptors (Lipinski definition) is 8. The lowest BCUT2D eigenvalue weighted by atomic mass is 9.59. The predicted molar refractivity (Wildman–Crippen MR) is 154 cm³/mol. The second-order valence-corrected chi connectivity index (χ2v) is 11.4. The van der Waals surface area contributed by atoms with Gasteiger partial charge in [-0.15, -0.1) is 0 Å². The van der Waals surface area contributed by atoms with Gasteiger partial charge in [0.25, 0.3) is 0 Å². The van der Waals surface area contributed by atoms with Crippen LogP contribution in [0.25, 0.3) is 11.1 Å². The average molecular weight is 560 g/mol. The van der Waals surface area contributed by atoms with Gasteiger partial charge < -0.3 is 20.1 Å².